The molecule has 5 heterocycles. The number of anilines is 1. The first-order chi connectivity index (χ1) is 16.0. The topological polar surface area (TPSA) is 61.6 Å². The molecule has 0 unspecified atom stereocenters. The van der Waals surface area contributed by atoms with Crippen LogP contribution in [0.1, 0.15) is 7.43 Å². The Kier molecular flexibility index (Phi) is 6.33. The van der Waals surface area contributed by atoms with E-state index in [0.717, 1.165) is 45.3 Å². The molecule has 6 rings (SSSR count). The van der Waals surface area contributed by atoms with Crippen molar-refractivity contribution in [2.75, 3.05) is 31.2 Å². The summed E-state index contributed by atoms with van der Waals surface area (Å²) in [7, 11) is 1.45. The van der Waals surface area contributed by atoms with Crippen LogP contribution in [0.3, 0.4) is 0 Å². The first-order valence-electron chi connectivity index (χ1n) is 10.0. The van der Waals surface area contributed by atoms with Gasteiger partial charge in [0, 0.05) is 84.1 Å². The van der Waals surface area contributed by atoms with Crippen molar-refractivity contribution in [1.82, 2.24) is 13.9 Å². The summed E-state index contributed by atoms with van der Waals surface area (Å²) >= 11 is 3.76. The number of nitrogens with zero attached hydrogens (tertiary/aromatic N) is 4. The Bertz CT molecular complexity index is 1360. The molecule has 4 aromatic rings. The van der Waals surface area contributed by atoms with Gasteiger partial charge in [0.2, 0.25) is 0 Å². The molecule has 1 saturated heterocycles. The van der Waals surface area contributed by atoms with Gasteiger partial charge in [-0.05, 0) is 12.1 Å². The molecule has 2 aliphatic rings. The number of para-hydroxylation sites is 1. The molecule has 0 radical (unpaired) electrons. The third-order valence-corrected chi connectivity index (χ3v) is 8.27. The fourth-order valence-corrected chi connectivity index (χ4v) is 6.17. The fraction of sp³-hybridized carbons (Fsp3) is 0.273. The van der Waals surface area contributed by atoms with Crippen LogP contribution in [-0.4, -0.2) is 46.5 Å². The van der Waals surface area contributed by atoms with Crippen LogP contribution in [0.5, 0.6) is 11.5 Å². The first kappa shape index (κ1) is 23.6. The normalized spacial score (nSPS) is 16.6. The summed E-state index contributed by atoms with van der Waals surface area (Å²) < 4.78 is 44.4. The summed E-state index contributed by atoms with van der Waals surface area (Å²) in [6, 6.07) is 6.91. The van der Waals surface area contributed by atoms with E-state index < -0.39 is 6.29 Å². The molecule has 12 heteroatoms. The number of aromatic nitrogens is 3. The molecule has 0 amide bonds. The third kappa shape index (κ3) is 4.10. The summed E-state index contributed by atoms with van der Waals surface area (Å²) in [6.07, 6.45) is 1.85. The molecule has 0 atom stereocenters. The molecule has 2 aliphatic heterocycles. The molecule has 0 aliphatic carbocycles. The molecule has 34 heavy (non-hydrogen) atoms. The largest absolute Gasteiger partial charge is 0.586 e. The van der Waals surface area contributed by atoms with E-state index in [0.29, 0.717) is 18.8 Å². The average molecular weight is 616 g/mol. The van der Waals surface area contributed by atoms with Gasteiger partial charge in [-0.2, -0.15) is 0 Å². The Morgan fingerprint density at radius 3 is 2.71 bits per heavy atom. The number of hydrogen-bond donors (Lipinski definition) is 0. The number of thiazole rings is 1. The van der Waals surface area contributed by atoms with Gasteiger partial charge in [-0.25, -0.2) is 9.97 Å². The van der Waals surface area contributed by atoms with Gasteiger partial charge in [0.25, 0.3) is 0 Å². The lowest BCUT2D eigenvalue weighted by atomic mass is 10.0. The van der Waals surface area contributed by atoms with Crippen LogP contribution in [0.4, 0.5) is 13.9 Å². The lowest BCUT2D eigenvalue weighted by molar-refractivity contribution is -0.286. The Morgan fingerprint density at radius 2 is 1.91 bits per heavy atom. The van der Waals surface area contributed by atoms with E-state index >= 15 is 0 Å². The van der Waals surface area contributed by atoms with Crippen molar-refractivity contribution in [3.63, 3.8) is 0 Å². The van der Waals surface area contributed by atoms with Crippen LogP contribution < -0.4 is 14.4 Å². The summed E-state index contributed by atoms with van der Waals surface area (Å²) in [5, 5.41) is 1.77. The van der Waals surface area contributed by atoms with E-state index in [9.17, 15) is 8.78 Å². The van der Waals surface area contributed by atoms with Crippen LogP contribution in [0, 0.1) is 0 Å². The van der Waals surface area contributed by atoms with Gasteiger partial charge in [-0.3, -0.25) is 3.97 Å². The summed E-state index contributed by atoms with van der Waals surface area (Å²) in [6.45, 7) is 3.02. The van der Waals surface area contributed by atoms with Crippen molar-refractivity contribution in [3.05, 3.63) is 42.9 Å². The summed E-state index contributed by atoms with van der Waals surface area (Å²) in [5.74, 6) is 0.0417. The minimum atomic E-state index is -3.68. The predicted octanol–water partition coefficient (Wildman–Crippen LogP) is 6.47. The molecule has 0 bridgehead atoms. The van der Waals surface area contributed by atoms with Crippen LogP contribution in [0.15, 0.2) is 42.9 Å². The van der Waals surface area contributed by atoms with Gasteiger partial charge in [0.1, 0.15) is 0 Å². The van der Waals surface area contributed by atoms with E-state index in [1.54, 1.807) is 23.5 Å². The Morgan fingerprint density at radius 1 is 1.09 bits per heavy atom. The molecule has 1 aromatic carbocycles. The second kappa shape index (κ2) is 9.13. The zero-order valence-electron chi connectivity index (χ0n) is 16.8. The number of halogens is 3. The third-order valence-electron chi connectivity index (χ3n) is 5.46. The summed E-state index contributed by atoms with van der Waals surface area (Å²) in [5.41, 5.74) is 2.90. The van der Waals surface area contributed by atoms with Gasteiger partial charge in [0.05, 0.1) is 18.1 Å². The second-order valence-corrected chi connectivity index (χ2v) is 10.2. The molecule has 0 saturated carbocycles. The number of pyridine rings is 1. The SMILES string of the molecule is C.FC1(F)Oc2cccc(-c3cn(SI)c4ncc(-c5cnc(N6CCOCC6)s5)cc34)c2O1. The standard InChI is InChI=1S/C21H15F2IN4O3S2.CH4/c22-21(23)30-16-3-1-2-13(18(16)31-21)15-11-28(33-24)19-14(15)8-12(9-25-19)17-10-26-20(32-17)27-4-6-29-7-5-27;/h1-3,8-11H,4-7H2;1H4. The van der Waals surface area contributed by atoms with E-state index in [1.165, 1.54) is 15.2 Å². The Balaban J connectivity index is 0.00000241. The van der Waals surface area contributed by atoms with Gasteiger partial charge in [-0.15, -0.1) is 8.78 Å². The predicted molar refractivity (Wildman–Crippen MR) is 139 cm³/mol. The number of benzene rings is 1. The van der Waals surface area contributed by atoms with Crippen LogP contribution in [0.2, 0.25) is 0 Å². The molecule has 0 N–H and O–H groups in total. The number of alkyl halides is 2. The first-order valence-corrected chi connectivity index (χ1v) is 14.1. The highest BCUT2D eigenvalue weighted by atomic mass is 127. The molecule has 178 valence electrons. The van der Waals surface area contributed by atoms with Crippen molar-refractivity contribution in [2.24, 2.45) is 0 Å². The molecular weight excluding hydrogens is 597 g/mol. The maximum absolute atomic E-state index is 13.8. The Hall–Kier alpha value is -2.16. The number of hydrogen-bond acceptors (Lipinski definition) is 8. The van der Waals surface area contributed by atoms with E-state index in [2.05, 4.69) is 40.8 Å². The van der Waals surface area contributed by atoms with Gasteiger partial charge in [0.15, 0.2) is 22.3 Å². The average Bonchev–Trinajstić information content (AvgIpc) is 3.53. The summed E-state index contributed by atoms with van der Waals surface area (Å²) in [4.78, 5) is 12.5. The minimum absolute atomic E-state index is 0. The number of fused-ring (bicyclic) bond motifs is 2. The van der Waals surface area contributed by atoms with Crippen molar-refractivity contribution < 1.29 is 23.0 Å². The van der Waals surface area contributed by atoms with Gasteiger partial charge < -0.3 is 19.1 Å². The van der Waals surface area contributed by atoms with Gasteiger partial charge in [-0.1, -0.05) is 30.9 Å². The highest BCUT2D eigenvalue weighted by molar-refractivity contribution is 14.2. The van der Waals surface area contributed by atoms with E-state index in [4.69, 9.17) is 9.47 Å². The molecule has 3 aromatic heterocycles. The zero-order chi connectivity index (χ0) is 22.6. The maximum Gasteiger partial charge on any atom is 0.586 e. The lowest BCUT2D eigenvalue weighted by Gasteiger charge is -2.25. The molecule has 7 nitrogen and oxygen atoms in total. The van der Waals surface area contributed by atoms with Crippen LogP contribution >= 0.6 is 41.7 Å². The second-order valence-electron chi connectivity index (χ2n) is 7.44. The highest BCUT2D eigenvalue weighted by Gasteiger charge is 2.44. The minimum Gasteiger partial charge on any atom is -0.395 e. The van der Waals surface area contributed by atoms with Crippen LogP contribution in [0.25, 0.3) is 32.6 Å². The quantitative estimate of drug-likeness (QED) is 0.244. The van der Waals surface area contributed by atoms with Crippen molar-refractivity contribution in [2.45, 2.75) is 13.7 Å². The number of morpholine rings is 1. The number of ether oxygens (including phenoxy) is 3. The van der Waals surface area contributed by atoms with Gasteiger partial charge >= 0.3 is 6.29 Å². The highest BCUT2D eigenvalue weighted by Crippen LogP contribution is 2.49. The maximum atomic E-state index is 13.8. The fourth-order valence-electron chi connectivity index (χ4n) is 3.96. The van der Waals surface area contributed by atoms with Crippen molar-refractivity contribution in [3.8, 4) is 33.1 Å². The Labute approximate surface area is 214 Å². The molecular formula is C22H19F2IN4O3S2. The molecule has 0 spiro atoms. The van der Waals surface area contributed by atoms with Crippen molar-refractivity contribution >= 4 is 57.8 Å². The van der Waals surface area contributed by atoms with E-state index in [-0.39, 0.29) is 18.9 Å². The molecule has 1 fully saturated rings. The van der Waals surface area contributed by atoms with E-state index in [1.807, 2.05) is 28.6 Å². The smallest absolute Gasteiger partial charge is 0.395 e. The zero-order valence-corrected chi connectivity index (χ0v) is 20.6. The monoisotopic (exact) mass is 616 g/mol. The number of rotatable bonds is 4. The van der Waals surface area contributed by atoms with Crippen LogP contribution in [-0.2, 0) is 4.74 Å². The lowest BCUT2D eigenvalue weighted by Crippen LogP contribution is -2.36. The van der Waals surface area contributed by atoms with Crippen molar-refractivity contribution in [1.29, 1.82) is 0 Å².